The van der Waals surface area contributed by atoms with E-state index in [1.807, 2.05) is 31.2 Å². The number of amides is 1. The Balaban J connectivity index is 2.13. The number of carbonyl (C=O) groups excluding carboxylic acids is 2. The molecule has 0 radical (unpaired) electrons. The number of carbonyl (C=O) groups is 2. The summed E-state index contributed by atoms with van der Waals surface area (Å²) in [5.74, 6) is -0.623. The SMILES string of the molecule is COC(=O)CC(C)NC(=O)c1cnn(-c2ccc(Br)cc2)c1C. The average molecular weight is 380 g/mol. The van der Waals surface area contributed by atoms with Crippen LogP contribution in [-0.4, -0.2) is 34.8 Å². The highest BCUT2D eigenvalue weighted by molar-refractivity contribution is 9.10. The smallest absolute Gasteiger partial charge is 0.307 e. The molecule has 0 saturated carbocycles. The molecule has 0 aliphatic carbocycles. The van der Waals surface area contributed by atoms with E-state index in [2.05, 4.69) is 31.1 Å². The van der Waals surface area contributed by atoms with Gasteiger partial charge in [0.15, 0.2) is 0 Å². The lowest BCUT2D eigenvalue weighted by atomic mass is 10.2. The number of ether oxygens (including phenoxy) is 1. The van der Waals surface area contributed by atoms with Gasteiger partial charge in [-0.25, -0.2) is 4.68 Å². The van der Waals surface area contributed by atoms with Crippen LogP contribution in [0.1, 0.15) is 29.4 Å². The molecular formula is C16H18BrN3O3. The van der Waals surface area contributed by atoms with E-state index in [1.54, 1.807) is 11.6 Å². The Hall–Kier alpha value is -2.15. The van der Waals surface area contributed by atoms with Gasteiger partial charge in [-0.1, -0.05) is 15.9 Å². The van der Waals surface area contributed by atoms with Crippen molar-refractivity contribution >= 4 is 27.8 Å². The molecule has 1 atom stereocenters. The molecule has 2 rings (SSSR count). The number of hydrogen-bond acceptors (Lipinski definition) is 4. The number of halogens is 1. The number of methoxy groups -OCH3 is 1. The van der Waals surface area contributed by atoms with E-state index < -0.39 is 0 Å². The Morgan fingerprint density at radius 3 is 2.61 bits per heavy atom. The highest BCUT2D eigenvalue weighted by Gasteiger charge is 2.18. The van der Waals surface area contributed by atoms with E-state index in [4.69, 9.17) is 0 Å². The molecule has 1 amide bonds. The molecule has 0 bridgehead atoms. The summed E-state index contributed by atoms with van der Waals surface area (Å²) in [6, 6.07) is 7.32. The summed E-state index contributed by atoms with van der Waals surface area (Å²) in [5.41, 5.74) is 2.08. The number of esters is 1. The first-order valence-corrected chi connectivity index (χ1v) is 7.90. The first-order chi connectivity index (χ1) is 10.9. The second-order valence-electron chi connectivity index (χ2n) is 5.19. The maximum atomic E-state index is 12.3. The van der Waals surface area contributed by atoms with Crippen LogP contribution in [0.3, 0.4) is 0 Å². The number of aromatic nitrogens is 2. The second-order valence-corrected chi connectivity index (χ2v) is 6.10. The summed E-state index contributed by atoms with van der Waals surface area (Å²) in [6.07, 6.45) is 1.65. The molecule has 0 aliphatic rings. The molecule has 1 aromatic heterocycles. The zero-order chi connectivity index (χ0) is 17.0. The highest BCUT2D eigenvalue weighted by Crippen LogP contribution is 2.17. The summed E-state index contributed by atoms with van der Waals surface area (Å²) in [6.45, 7) is 3.58. The largest absolute Gasteiger partial charge is 0.469 e. The Kier molecular flexibility index (Phi) is 5.54. The van der Waals surface area contributed by atoms with Crippen molar-refractivity contribution in [3.63, 3.8) is 0 Å². The molecule has 7 heteroatoms. The summed E-state index contributed by atoms with van der Waals surface area (Å²) in [7, 11) is 1.32. The Morgan fingerprint density at radius 1 is 1.35 bits per heavy atom. The molecular weight excluding hydrogens is 362 g/mol. The van der Waals surface area contributed by atoms with Crippen molar-refractivity contribution in [2.24, 2.45) is 0 Å². The van der Waals surface area contributed by atoms with Gasteiger partial charge in [-0.15, -0.1) is 0 Å². The van der Waals surface area contributed by atoms with Crippen molar-refractivity contribution < 1.29 is 14.3 Å². The van der Waals surface area contributed by atoms with E-state index in [0.29, 0.717) is 5.56 Å². The standard InChI is InChI=1S/C16H18BrN3O3/c1-10(8-15(21)23-3)19-16(22)14-9-18-20(11(14)2)13-6-4-12(17)5-7-13/h4-7,9-10H,8H2,1-3H3,(H,19,22). The van der Waals surface area contributed by atoms with Crippen LogP contribution in [0, 0.1) is 6.92 Å². The maximum Gasteiger partial charge on any atom is 0.307 e. The van der Waals surface area contributed by atoms with Gasteiger partial charge in [-0.2, -0.15) is 5.10 Å². The molecule has 122 valence electrons. The van der Waals surface area contributed by atoms with Gasteiger partial charge in [0.25, 0.3) is 5.91 Å². The van der Waals surface area contributed by atoms with Crippen molar-refractivity contribution in [1.29, 1.82) is 0 Å². The van der Waals surface area contributed by atoms with Crippen molar-refractivity contribution in [1.82, 2.24) is 15.1 Å². The third-order valence-electron chi connectivity index (χ3n) is 3.40. The van der Waals surface area contributed by atoms with Gasteiger partial charge < -0.3 is 10.1 Å². The Labute approximate surface area is 143 Å². The van der Waals surface area contributed by atoms with Crippen molar-refractivity contribution in [2.45, 2.75) is 26.3 Å². The summed E-state index contributed by atoms with van der Waals surface area (Å²) >= 11 is 3.39. The van der Waals surface area contributed by atoms with Crippen molar-refractivity contribution in [3.8, 4) is 5.69 Å². The van der Waals surface area contributed by atoms with Gasteiger partial charge in [0.2, 0.25) is 0 Å². The lowest BCUT2D eigenvalue weighted by Gasteiger charge is -2.12. The van der Waals surface area contributed by atoms with Gasteiger partial charge in [0.05, 0.1) is 36.7 Å². The lowest BCUT2D eigenvalue weighted by molar-refractivity contribution is -0.141. The van der Waals surface area contributed by atoms with E-state index in [0.717, 1.165) is 15.9 Å². The first kappa shape index (κ1) is 17.2. The minimum absolute atomic E-state index is 0.127. The van der Waals surface area contributed by atoms with Crippen molar-refractivity contribution in [3.05, 3.63) is 46.2 Å². The topological polar surface area (TPSA) is 73.2 Å². The number of nitrogens with zero attached hydrogens (tertiary/aromatic N) is 2. The predicted octanol–water partition coefficient (Wildman–Crippen LogP) is 2.62. The molecule has 1 heterocycles. The van der Waals surface area contributed by atoms with Crippen LogP contribution < -0.4 is 5.32 Å². The summed E-state index contributed by atoms with van der Waals surface area (Å²) < 4.78 is 7.27. The zero-order valence-electron chi connectivity index (χ0n) is 13.2. The predicted molar refractivity (Wildman–Crippen MR) is 89.6 cm³/mol. The van der Waals surface area contributed by atoms with Gasteiger partial charge in [0, 0.05) is 10.5 Å². The molecule has 0 aliphatic heterocycles. The summed E-state index contributed by atoms with van der Waals surface area (Å²) in [5, 5.41) is 7.05. The summed E-state index contributed by atoms with van der Waals surface area (Å²) in [4.78, 5) is 23.6. The van der Waals surface area contributed by atoms with E-state index in [-0.39, 0.29) is 24.3 Å². The molecule has 0 spiro atoms. The normalized spacial score (nSPS) is 11.8. The van der Waals surface area contributed by atoms with Crippen LogP contribution in [0.5, 0.6) is 0 Å². The molecule has 1 aromatic carbocycles. The highest BCUT2D eigenvalue weighted by atomic mass is 79.9. The fourth-order valence-electron chi connectivity index (χ4n) is 2.16. The quantitative estimate of drug-likeness (QED) is 0.810. The fourth-order valence-corrected chi connectivity index (χ4v) is 2.43. The number of hydrogen-bond donors (Lipinski definition) is 1. The fraction of sp³-hybridized carbons (Fsp3) is 0.312. The van der Waals surface area contributed by atoms with Crippen molar-refractivity contribution in [2.75, 3.05) is 7.11 Å². The first-order valence-electron chi connectivity index (χ1n) is 7.10. The van der Waals surface area contributed by atoms with Gasteiger partial charge in [-0.3, -0.25) is 9.59 Å². The van der Waals surface area contributed by atoms with Gasteiger partial charge in [0.1, 0.15) is 0 Å². The van der Waals surface area contributed by atoms with Crippen LogP contribution in [-0.2, 0) is 9.53 Å². The molecule has 0 saturated heterocycles. The monoisotopic (exact) mass is 379 g/mol. The number of benzene rings is 1. The van der Waals surface area contributed by atoms with E-state index >= 15 is 0 Å². The number of nitrogens with one attached hydrogen (secondary N) is 1. The van der Waals surface area contributed by atoms with Crippen LogP contribution in [0.2, 0.25) is 0 Å². The Bertz CT molecular complexity index is 710. The minimum Gasteiger partial charge on any atom is -0.469 e. The molecule has 1 N–H and O–H groups in total. The van der Waals surface area contributed by atoms with Gasteiger partial charge >= 0.3 is 5.97 Å². The van der Waals surface area contributed by atoms with Crippen LogP contribution in [0.4, 0.5) is 0 Å². The maximum absolute atomic E-state index is 12.3. The molecule has 1 unspecified atom stereocenters. The third kappa shape index (κ3) is 4.19. The second kappa shape index (κ2) is 7.41. The lowest BCUT2D eigenvalue weighted by Crippen LogP contribution is -2.34. The Morgan fingerprint density at radius 2 is 2.00 bits per heavy atom. The molecule has 0 fully saturated rings. The van der Waals surface area contributed by atoms with Crippen LogP contribution in [0.15, 0.2) is 34.9 Å². The molecule has 6 nitrogen and oxygen atoms in total. The van der Waals surface area contributed by atoms with Gasteiger partial charge in [-0.05, 0) is 38.1 Å². The third-order valence-corrected chi connectivity index (χ3v) is 3.93. The molecule has 2 aromatic rings. The minimum atomic E-state index is -0.361. The van der Waals surface area contributed by atoms with E-state index in [1.165, 1.54) is 13.3 Å². The zero-order valence-corrected chi connectivity index (χ0v) is 14.8. The number of rotatable bonds is 5. The van der Waals surface area contributed by atoms with E-state index in [9.17, 15) is 9.59 Å². The van der Waals surface area contributed by atoms with Crippen LogP contribution >= 0.6 is 15.9 Å². The average Bonchev–Trinajstić information content (AvgIpc) is 2.89. The van der Waals surface area contributed by atoms with Crippen LogP contribution in [0.25, 0.3) is 5.69 Å². The molecule has 23 heavy (non-hydrogen) atoms.